The number of hydrogen-bond acceptors (Lipinski definition) is 3. The number of phenols is 1. The Morgan fingerprint density at radius 3 is 2.75 bits per heavy atom. The second kappa shape index (κ2) is 6.75. The van der Waals surface area contributed by atoms with Gasteiger partial charge in [0, 0.05) is 6.04 Å². The van der Waals surface area contributed by atoms with E-state index in [0.29, 0.717) is 12.3 Å². The lowest BCUT2D eigenvalue weighted by Crippen LogP contribution is -2.47. The van der Waals surface area contributed by atoms with E-state index in [9.17, 15) is 9.90 Å². The Labute approximate surface area is 120 Å². The largest absolute Gasteiger partial charge is 0.508 e. The highest BCUT2D eigenvalue weighted by molar-refractivity contribution is 5.82. The van der Waals surface area contributed by atoms with E-state index >= 15 is 0 Å². The van der Waals surface area contributed by atoms with Crippen molar-refractivity contribution in [1.82, 2.24) is 5.32 Å². The van der Waals surface area contributed by atoms with Crippen LogP contribution in [-0.2, 0) is 11.2 Å². The lowest BCUT2D eigenvalue weighted by Gasteiger charge is -2.28. The number of amides is 1. The van der Waals surface area contributed by atoms with Gasteiger partial charge in [-0.25, -0.2) is 0 Å². The van der Waals surface area contributed by atoms with E-state index in [1.165, 1.54) is 12.8 Å². The van der Waals surface area contributed by atoms with Crippen LogP contribution in [0.4, 0.5) is 0 Å². The molecule has 1 aliphatic carbocycles. The first-order valence-electron chi connectivity index (χ1n) is 7.38. The minimum atomic E-state index is -0.531. The van der Waals surface area contributed by atoms with Crippen LogP contribution < -0.4 is 11.1 Å². The molecular formula is C16H24N2O2. The summed E-state index contributed by atoms with van der Waals surface area (Å²) in [4.78, 5) is 12.1. The number of phenolic OH excluding ortho intramolecular Hbond substituents is 1. The minimum absolute atomic E-state index is 0.0721. The Hall–Kier alpha value is -1.55. The highest BCUT2D eigenvalue weighted by Gasteiger charge is 2.22. The molecule has 1 aromatic rings. The van der Waals surface area contributed by atoms with Crippen molar-refractivity contribution in [1.29, 1.82) is 0 Å². The first-order chi connectivity index (χ1) is 9.54. The Kier molecular flexibility index (Phi) is 5.01. The number of nitrogens with two attached hydrogens (primary N) is 1. The lowest BCUT2D eigenvalue weighted by molar-refractivity contribution is -0.123. The predicted octanol–water partition coefficient (Wildman–Crippen LogP) is 1.96. The SMILES string of the molecule is CC1CCCC(NC(=O)[C@@H](N)Cc2ccc(O)cc2)C1. The summed E-state index contributed by atoms with van der Waals surface area (Å²) in [5.41, 5.74) is 6.93. The second-order valence-electron chi connectivity index (χ2n) is 5.95. The molecule has 0 spiro atoms. The number of aromatic hydroxyl groups is 1. The summed E-state index contributed by atoms with van der Waals surface area (Å²) in [6.45, 7) is 2.23. The molecule has 0 aliphatic heterocycles. The van der Waals surface area contributed by atoms with Gasteiger partial charge in [-0.1, -0.05) is 31.9 Å². The summed E-state index contributed by atoms with van der Waals surface area (Å²) in [5.74, 6) is 0.836. The van der Waals surface area contributed by atoms with Crippen LogP contribution in [0.5, 0.6) is 5.75 Å². The molecule has 0 bridgehead atoms. The maximum Gasteiger partial charge on any atom is 0.237 e. The molecule has 1 saturated carbocycles. The zero-order valence-electron chi connectivity index (χ0n) is 12.0. The monoisotopic (exact) mass is 276 g/mol. The van der Waals surface area contributed by atoms with Crippen molar-refractivity contribution < 1.29 is 9.90 Å². The van der Waals surface area contributed by atoms with Crippen molar-refractivity contribution in [2.45, 2.75) is 51.1 Å². The van der Waals surface area contributed by atoms with Gasteiger partial charge in [-0.05, 0) is 42.9 Å². The maximum atomic E-state index is 12.1. The van der Waals surface area contributed by atoms with E-state index in [4.69, 9.17) is 5.73 Å². The van der Waals surface area contributed by atoms with Gasteiger partial charge in [-0.2, -0.15) is 0 Å². The van der Waals surface area contributed by atoms with Crippen LogP contribution in [0.2, 0.25) is 0 Å². The lowest BCUT2D eigenvalue weighted by atomic mass is 9.87. The van der Waals surface area contributed by atoms with Crippen molar-refractivity contribution in [3.63, 3.8) is 0 Å². The fraction of sp³-hybridized carbons (Fsp3) is 0.562. The quantitative estimate of drug-likeness (QED) is 0.787. The molecule has 3 atom stereocenters. The van der Waals surface area contributed by atoms with Crippen LogP contribution in [0.1, 0.15) is 38.2 Å². The number of carbonyl (C=O) groups is 1. The molecule has 1 fully saturated rings. The van der Waals surface area contributed by atoms with E-state index in [1.54, 1.807) is 24.3 Å². The molecule has 1 aliphatic rings. The molecule has 2 rings (SSSR count). The fourth-order valence-electron chi connectivity index (χ4n) is 2.85. The Morgan fingerprint density at radius 2 is 2.10 bits per heavy atom. The van der Waals surface area contributed by atoms with E-state index in [2.05, 4.69) is 12.2 Å². The number of nitrogens with one attached hydrogen (secondary N) is 1. The molecule has 0 radical (unpaired) electrons. The van der Waals surface area contributed by atoms with Gasteiger partial charge in [0.05, 0.1) is 6.04 Å². The van der Waals surface area contributed by atoms with Crippen LogP contribution in [0, 0.1) is 5.92 Å². The van der Waals surface area contributed by atoms with Gasteiger partial charge in [0.2, 0.25) is 5.91 Å². The van der Waals surface area contributed by atoms with Gasteiger partial charge in [-0.3, -0.25) is 4.79 Å². The molecule has 20 heavy (non-hydrogen) atoms. The standard InChI is InChI=1S/C16H24N2O2/c1-11-3-2-4-13(9-11)18-16(20)15(17)10-12-5-7-14(19)8-6-12/h5-8,11,13,15,19H,2-4,9-10,17H2,1H3,(H,18,20)/t11?,13?,15-/m0/s1. The average Bonchev–Trinajstić information content (AvgIpc) is 2.41. The molecule has 1 amide bonds. The van der Waals surface area contributed by atoms with Crippen LogP contribution in [0.25, 0.3) is 0 Å². The van der Waals surface area contributed by atoms with Gasteiger partial charge in [0.25, 0.3) is 0 Å². The first-order valence-corrected chi connectivity index (χ1v) is 7.38. The average molecular weight is 276 g/mol. The van der Waals surface area contributed by atoms with Crippen molar-refractivity contribution in [3.8, 4) is 5.75 Å². The molecule has 110 valence electrons. The highest BCUT2D eigenvalue weighted by Crippen LogP contribution is 2.23. The zero-order chi connectivity index (χ0) is 14.5. The summed E-state index contributed by atoms with van der Waals surface area (Å²) in [6.07, 6.45) is 5.04. The number of carbonyl (C=O) groups excluding carboxylic acids is 1. The summed E-state index contributed by atoms with van der Waals surface area (Å²) in [5, 5.41) is 12.3. The smallest absolute Gasteiger partial charge is 0.237 e. The van der Waals surface area contributed by atoms with Gasteiger partial charge in [0.1, 0.15) is 5.75 Å². The maximum absolute atomic E-state index is 12.1. The van der Waals surface area contributed by atoms with E-state index in [-0.39, 0.29) is 17.7 Å². The topological polar surface area (TPSA) is 75.4 Å². The van der Waals surface area contributed by atoms with Gasteiger partial charge in [-0.15, -0.1) is 0 Å². The Bertz CT molecular complexity index is 444. The first kappa shape index (κ1) is 14.9. The molecule has 4 N–H and O–H groups in total. The molecule has 0 saturated heterocycles. The van der Waals surface area contributed by atoms with E-state index in [1.807, 2.05) is 0 Å². The van der Waals surface area contributed by atoms with E-state index in [0.717, 1.165) is 18.4 Å². The molecule has 0 heterocycles. The summed E-state index contributed by atoms with van der Waals surface area (Å²) in [6, 6.07) is 6.57. The van der Waals surface area contributed by atoms with Crippen LogP contribution >= 0.6 is 0 Å². The van der Waals surface area contributed by atoms with Crippen molar-refractivity contribution in [3.05, 3.63) is 29.8 Å². The normalized spacial score (nSPS) is 24.1. The molecule has 4 nitrogen and oxygen atoms in total. The molecule has 0 aromatic heterocycles. The summed E-state index contributed by atoms with van der Waals surface area (Å²) >= 11 is 0. The number of rotatable bonds is 4. The minimum Gasteiger partial charge on any atom is -0.508 e. The van der Waals surface area contributed by atoms with Crippen LogP contribution in [0.15, 0.2) is 24.3 Å². The second-order valence-corrected chi connectivity index (χ2v) is 5.95. The van der Waals surface area contributed by atoms with Gasteiger partial charge >= 0.3 is 0 Å². The summed E-state index contributed by atoms with van der Waals surface area (Å²) < 4.78 is 0. The molecule has 1 aromatic carbocycles. The third kappa shape index (κ3) is 4.23. The third-order valence-electron chi connectivity index (χ3n) is 4.01. The van der Waals surface area contributed by atoms with Crippen LogP contribution in [0.3, 0.4) is 0 Å². The molecular weight excluding hydrogens is 252 g/mol. The fourth-order valence-corrected chi connectivity index (χ4v) is 2.85. The van der Waals surface area contributed by atoms with Crippen molar-refractivity contribution in [2.24, 2.45) is 11.7 Å². The summed E-state index contributed by atoms with van der Waals surface area (Å²) in [7, 11) is 0. The predicted molar refractivity (Wildman–Crippen MR) is 79.3 cm³/mol. The van der Waals surface area contributed by atoms with Crippen molar-refractivity contribution in [2.75, 3.05) is 0 Å². The zero-order valence-corrected chi connectivity index (χ0v) is 12.0. The molecule has 2 unspecified atom stereocenters. The Balaban J connectivity index is 1.83. The van der Waals surface area contributed by atoms with Gasteiger partial charge in [0.15, 0.2) is 0 Å². The third-order valence-corrected chi connectivity index (χ3v) is 4.01. The Morgan fingerprint density at radius 1 is 1.40 bits per heavy atom. The van der Waals surface area contributed by atoms with Crippen LogP contribution in [-0.4, -0.2) is 23.1 Å². The molecule has 4 heteroatoms. The van der Waals surface area contributed by atoms with Gasteiger partial charge < -0.3 is 16.2 Å². The number of hydrogen-bond donors (Lipinski definition) is 3. The highest BCUT2D eigenvalue weighted by atomic mass is 16.3. The van der Waals surface area contributed by atoms with Crippen molar-refractivity contribution >= 4 is 5.91 Å². The van der Waals surface area contributed by atoms with E-state index < -0.39 is 6.04 Å². The number of benzene rings is 1.